The Balaban J connectivity index is 2.22. The molecule has 5 heteroatoms. The molecular formula is C16H20N2O3. The van der Waals surface area contributed by atoms with E-state index < -0.39 is 11.4 Å². The first kappa shape index (κ1) is 15.2. The van der Waals surface area contributed by atoms with Gasteiger partial charge in [0.1, 0.15) is 0 Å². The Morgan fingerprint density at radius 3 is 2.67 bits per heavy atom. The van der Waals surface area contributed by atoms with Gasteiger partial charge in [-0.1, -0.05) is 31.5 Å². The number of carbonyl (C=O) groups is 1. The van der Waals surface area contributed by atoms with Gasteiger partial charge in [0.15, 0.2) is 0 Å². The highest BCUT2D eigenvalue weighted by atomic mass is 16.4. The summed E-state index contributed by atoms with van der Waals surface area (Å²) >= 11 is 0. The Kier molecular flexibility index (Phi) is 4.11. The zero-order valence-electron chi connectivity index (χ0n) is 12.8. The van der Waals surface area contributed by atoms with Gasteiger partial charge >= 0.3 is 5.97 Å². The second-order valence-electron chi connectivity index (χ2n) is 6.23. The molecule has 1 aromatic carbocycles. The van der Waals surface area contributed by atoms with Gasteiger partial charge in [0.2, 0.25) is 11.8 Å². The average molecular weight is 288 g/mol. The summed E-state index contributed by atoms with van der Waals surface area (Å²) in [5.41, 5.74) is 2.70. The van der Waals surface area contributed by atoms with Crippen molar-refractivity contribution in [2.24, 2.45) is 5.41 Å². The van der Waals surface area contributed by atoms with E-state index in [4.69, 9.17) is 9.52 Å². The van der Waals surface area contributed by atoms with Gasteiger partial charge < -0.3 is 9.52 Å². The van der Waals surface area contributed by atoms with Crippen LogP contribution in [0.1, 0.15) is 37.3 Å². The molecule has 0 atom stereocenters. The van der Waals surface area contributed by atoms with E-state index in [1.807, 2.05) is 45.9 Å². The average Bonchev–Trinajstić information content (AvgIpc) is 2.78. The normalized spacial score (nSPS) is 11.6. The van der Waals surface area contributed by atoms with Crippen molar-refractivity contribution in [1.82, 2.24) is 10.2 Å². The van der Waals surface area contributed by atoms with E-state index in [2.05, 4.69) is 10.2 Å². The highest BCUT2D eigenvalue weighted by Gasteiger charge is 2.25. The molecule has 0 saturated heterocycles. The predicted molar refractivity (Wildman–Crippen MR) is 78.9 cm³/mol. The Morgan fingerprint density at radius 1 is 1.29 bits per heavy atom. The summed E-state index contributed by atoms with van der Waals surface area (Å²) in [6.07, 6.45) is 0.505. The molecule has 0 aliphatic heterocycles. The van der Waals surface area contributed by atoms with Gasteiger partial charge in [0.25, 0.3) is 0 Å². The number of carboxylic acids is 1. The number of hydrogen-bond acceptors (Lipinski definition) is 4. The molecule has 0 unspecified atom stereocenters. The molecule has 21 heavy (non-hydrogen) atoms. The first-order valence-corrected chi connectivity index (χ1v) is 6.89. The lowest BCUT2D eigenvalue weighted by atomic mass is 9.86. The fourth-order valence-electron chi connectivity index (χ4n) is 2.28. The molecule has 0 radical (unpaired) electrons. The van der Waals surface area contributed by atoms with E-state index in [-0.39, 0.29) is 6.42 Å². The number of nitrogens with zero attached hydrogens (tertiary/aromatic N) is 2. The molecule has 1 N–H and O–H groups in total. The zero-order valence-corrected chi connectivity index (χ0v) is 12.8. The van der Waals surface area contributed by atoms with Crippen LogP contribution in [-0.4, -0.2) is 21.3 Å². The first-order chi connectivity index (χ1) is 9.77. The molecule has 1 aromatic heterocycles. The van der Waals surface area contributed by atoms with Crippen LogP contribution in [0.15, 0.2) is 22.6 Å². The summed E-state index contributed by atoms with van der Waals surface area (Å²) in [6, 6.07) is 6.06. The standard InChI is InChI=1S/C16H20N2O3/c1-10-5-6-11(2)12(7-10)15-18-17-13(21-15)8-16(3,4)9-14(19)20/h5-7H,8-9H2,1-4H3,(H,19,20). The van der Waals surface area contributed by atoms with Gasteiger partial charge in [0.05, 0.1) is 6.42 Å². The fourth-order valence-corrected chi connectivity index (χ4v) is 2.28. The van der Waals surface area contributed by atoms with E-state index in [1.165, 1.54) is 0 Å². The van der Waals surface area contributed by atoms with E-state index in [9.17, 15) is 4.79 Å². The lowest BCUT2D eigenvalue weighted by Gasteiger charge is -2.19. The van der Waals surface area contributed by atoms with E-state index in [0.717, 1.165) is 16.7 Å². The van der Waals surface area contributed by atoms with Crippen molar-refractivity contribution in [2.75, 3.05) is 0 Å². The Labute approximate surface area is 124 Å². The smallest absolute Gasteiger partial charge is 0.303 e. The van der Waals surface area contributed by atoms with E-state index >= 15 is 0 Å². The Hall–Kier alpha value is -2.17. The third kappa shape index (κ3) is 3.90. The second kappa shape index (κ2) is 5.68. The maximum Gasteiger partial charge on any atom is 0.303 e. The van der Waals surface area contributed by atoms with Crippen LogP contribution in [0.4, 0.5) is 0 Å². The van der Waals surface area contributed by atoms with Crippen LogP contribution in [0.3, 0.4) is 0 Å². The predicted octanol–water partition coefficient (Wildman–Crippen LogP) is 3.40. The third-order valence-corrected chi connectivity index (χ3v) is 3.35. The molecule has 5 nitrogen and oxygen atoms in total. The molecule has 2 aromatic rings. The number of aromatic nitrogens is 2. The third-order valence-electron chi connectivity index (χ3n) is 3.35. The van der Waals surface area contributed by atoms with Crippen molar-refractivity contribution in [3.8, 4) is 11.5 Å². The molecule has 0 aliphatic rings. The second-order valence-corrected chi connectivity index (χ2v) is 6.23. The van der Waals surface area contributed by atoms with Gasteiger partial charge in [-0.25, -0.2) is 0 Å². The lowest BCUT2D eigenvalue weighted by molar-refractivity contribution is -0.139. The summed E-state index contributed by atoms with van der Waals surface area (Å²) < 4.78 is 5.71. The highest BCUT2D eigenvalue weighted by Crippen LogP contribution is 2.28. The number of aryl methyl sites for hydroxylation is 2. The number of rotatable bonds is 5. The Bertz CT molecular complexity index is 659. The van der Waals surface area contributed by atoms with Gasteiger partial charge in [0, 0.05) is 12.0 Å². The molecule has 112 valence electrons. The van der Waals surface area contributed by atoms with Crippen LogP contribution >= 0.6 is 0 Å². The quantitative estimate of drug-likeness (QED) is 0.912. The topological polar surface area (TPSA) is 76.2 Å². The van der Waals surface area contributed by atoms with Crippen LogP contribution in [0.5, 0.6) is 0 Å². The molecule has 0 saturated carbocycles. The monoisotopic (exact) mass is 288 g/mol. The first-order valence-electron chi connectivity index (χ1n) is 6.89. The number of aliphatic carboxylic acids is 1. The van der Waals surface area contributed by atoms with Gasteiger partial charge in [-0.2, -0.15) is 0 Å². The molecule has 0 aliphatic carbocycles. The minimum Gasteiger partial charge on any atom is -0.481 e. The van der Waals surface area contributed by atoms with Crippen molar-refractivity contribution in [3.05, 3.63) is 35.2 Å². The molecule has 0 bridgehead atoms. The lowest BCUT2D eigenvalue weighted by Crippen LogP contribution is -2.19. The summed E-state index contributed by atoms with van der Waals surface area (Å²) in [7, 11) is 0. The molecule has 2 rings (SSSR count). The van der Waals surface area contributed by atoms with Crippen molar-refractivity contribution in [1.29, 1.82) is 0 Å². The maximum absolute atomic E-state index is 10.8. The minimum absolute atomic E-state index is 0.0637. The molecule has 0 amide bonds. The van der Waals surface area contributed by atoms with Gasteiger partial charge in [-0.3, -0.25) is 4.79 Å². The van der Waals surface area contributed by atoms with E-state index in [1.54, 1.807) is 0 Å². The van der Waals surface area contributed by atoms with Crippen LogP contribution in [0, 0.1) is 19.3 Å². The Morgan fingerprint density at radius 2 is 2.00 bits per heavy atom. The van der Waals surface area contributed by atoms with Crippen molar-refractivity contribution in [3.63, 3.8) is 0 Å². The van der Waals surface area contributed by atoms with Crippen molar-refractivity contribution < 1.29 is 14.3 Å². The van der Waals surface area contributed by atoms with Gasteiger partial charge in [-0.15, -0.1) is 10.2 Å². The minimum atomic E-state index is -0.825. The summed E-state index contributed by atoms with van der Waals surface area (Å²) in [5.74, 6) is 0.128. The van der Waals surface area contributed by atoms with Gasteiger partial charge in [-0.05, 0) is 30.9 Å². The molecular weight excluding hydrogens is 268 g/mol. The number of carboxylic acid groups (broad SMARTS) is 1. The van der Waals surface area contributed by atoms with Crippen LogP contribution < -0.4 is 0 Å². The highest BCUT2D eigenvalue weighted by molar-refractivity contribution is 5.67. The molecule has 0 fully saturated rings. The largest absolute Gasteiger partial charge is 0.481 e. The molecule has 1 heterocycles. The molecule has 0 spiro atoms. The van der Waals surface area contributed by atoms with Crippen LogP contribution in [0.25, 0.3) is 11.5 Å². The van der Waals surface area contributed by atoms with Crippen LogP contribution in [0.2, 0.25) is 0 Å². The van der Waals surface area contributed by atoms with Crippen molar-refractivity contribution in [2.45, 2.75) is 40.5 Å². The number of benzene rings is 1. The summed E-state index contributed by atoms with van der Waals surface area (Å²) in [5, 5.41) is 17.0. The summed E-state index contributed by atoms with van der Waals surface area (Å²) in [6.45, 7) is 7.76. The number of hydrogen-bond donors (Lipinski definition) is 1. The van der Waals surface area contributed by atoms with Crippen molar-refractivity contribution >= 4 is 5.97 Å². The zero-order chi connectivity index (χ0) is 15.6. The summed E-state index contributed by atoms with van der Waals surface area (Å²) in [4.78, 5) is 10.8. The maximum atomic E-state index is 10.8. The fraction of sp³-hybridized carbons (Fsp3) is 0.438. The van der Waals surface area contributed by atoms with E-state index in [0.29, 0.717) is 18.2 Å². The SMILES string of the molecule is Cc1ccc(C)c(-c2nnc(CC(C)(C)CC(=O)O)o2)c1. The van der Waals surface area contributed by atoms with Crippen LogP contribution in [-0.2, 0) is 11.2 Å².